The summed E-state index contributed by atoms with van der Waals surface area (Å²) in [5.41, 5.74) is 3.00. The molecule has 4 aromatic heterocycles. The Morgan fingerprint density at radius 3 is 2.63 bits per heavy atom. The molecule has 5 aromatic rings. The summed E-state index contributed by atoms with van der Waals surface area (Å²) < 4.78 is 51.0. The number of alkyl halides is 3. The Hall–Kier alpha value is -4.40. The predicted octanol–water partition coefficient (Wildman–Crippen LogP) is 4.28. The molecule has 1 unspecified atom stereocenters. The van der Waals surface area contributed by atoms with E-state index in [1.807, 2.05) is 42.2 Å². The smallest absolute Gasteiger partial charge is 0.389 e. The van der Waals surface area contributed by atoms with Gasteiger partial charge in [0.15, 0.2) is 17.3 Å². The lowest BCUT2D eigenvalue weighted by Crippen LogP contribution is -2.50. The van der Waals surface area contributed by atoms with Gasteiger partial charge in [0.25, 0.3) is 0 Å². The van der Waals surface area contributed by atoms with Gasteiger partial charge in [-0.2, -0.15) is 23.4 Å². The van der Waals surface area contributed by atoms with Crippen LogP contribution in [0.1, 0.15) is 41.2 Å². The fourth-order valence-corrected chi connectivity index (χ4v) is 5.55. The lowest BCUT2D eigenvalue weighted by molar-refractivity contribution is -0.142. The number of anilines is 2. The topological polar surface area (TPSA) is 119 Å². The van der Waals surface area contributed by atoms with Crippen molar-refractivity contribution in [2.45, 2.75) is 45.1 Å². The van der Waals surface area contributed by atoms with Gasteiger partial charge in [0.2, 0.25) is 0 Å². The highest BCUT2D eigenvalue weighted by molar-refractivity contribution is 5.82. The molecule has 2 aliphatic heterocycles. The zero-order chi connectivity index (χ0) is 29.9. The first kappa shape index (κ1) is 27.4. The number of aliphatic hydroxyl groups excluding tert-OH is 1. The van der Waals surface area contributed by atoms with E-state index in [-0.39, 0.29) is 24.0 Å². The highest BCUT2D eigenvalue weighted by Crippen LogP contribution is 2.38. The van der Waals surface area contributed by atoms with Crippen molar-refractivity contribution in [3.05, 3.63) is 77.0 Å². The first-order valence-electron chi connectivity index (χ1n) is 13.9. The molecular weight excluding hydrogens is 563 g/mol. The molecule has 0 amide bonds. The second-order valence-electron chi connectivity index (χ2n) is 10.9. The first-order valence-corrected chi connectivity index (χ1v) is 13.9. The molecule has 6 heterocycles. The van der Waals surface area contributed by atoms with Gasteiger partial charge in [-0.05, 0) is 56.3 Å². The molecule has 222 valence electrons. The zero-order valence-corrected chi connectivity index (χ0v) is 23.4. The number of aromatic nitrogens is 7. The van der Waals surface area contributed by atoms with Crippen LogP contribution in [0.15, 0.2) is 48.8 Å². The van der Waals surface area contributed by atoms with Gasteiger partial charge in [0.05, 0.1) is 47.8 Å². The van der Waals surface area contributed by atoms with Crippen LogP contribution >= 0.6 is 0 Å². The summed E-state index contributed by atoms with van der Waals surface area (Å²) >= 11 is 0. The average Bonchev–Trinajstić information content (AvgIpc) is 3.54. The van der Waals surface area contributed by atoms with Crippen LogP contribution in [0.3, 0.4) is 0 Å². The third-order valence-electron chi connectivity index (χ3n) is 7.90. The van der Waals surface area contributed by atoms with E-state index in [1.165, 1.54) is 4.68 Å². The second-order valence-corrected chi connectivity index (χ2v) is 10.9. The Morgan fingerprint density at radius 2 is 1.93 bits per heavy atom. The van der Waals surface area contributed by atoms with Crippen molar-refractivity contribution in [3.63, 3.8) is 0 Å². The van der Waals surface area contributed by atoms with E-state index in [0.717, 1.165) is 16.9 Å². The average molecular weight is 592 g/mol. The number of benzene rings is 1. The Balaban J connectivity index is 1.28. The molecule has 2 N–H and O–H groups in total. The van der Waals surface area contributed by atoms with Crippen LogP contribution < -0.4 is 5.32 Å². The Kier molecular flexibility index (Phi) is 6.63. The van der Waals surface area contributed by atoms with Gasteiger partial charge < -0.3 is 15.2 Å². The number of aliphatic hydroxyl groups is 1. The molecule has 1 atom stereocenters. The SMILES string of the molecule is Cc1ccc(Nc2ccc3c(c2)ncn3-c2ccc(C(C)O)c(-n3nc(C(F)(F)F)c4c3CCN(C3COC3)C4)n2)nn1. The lowest BCUT2D eigenvalue weighted by atomic mass is 10.0. The molecular formula is C29H28F3N9O2. The number of aryl methyl sites for hydroxylation is 1. The lowest BCUT2D eigenvalue weighted by Gasteiger charge is -2.39. The van der Waals surface area contributed by atoms with E-state index in [0.29, 0.717) is 54.6 Å². The molecule has 1 saturated heterocycles. The molecule has 0 bridgehead atoms. The van der Waals surface area contributed by atoms with Gasteiger partial charge in [-0.3, -0.25) is 9.47 Å². The van der Waals surface area contributed by atoms with E-state index in [4.69, 9.17) is 9.72 Å². The van der Waals surface area contributed by atoms with Crippen molar-refractivity contribution in [3.8, 4) is 11.6 Å². The second kappa shape index (κ2) is 10.4. The number of nitrogens with zero attached hydrogens (tertiary/aromatic N) is 8. The number of pyridine rings is 1. The molecule has 14 heteroatoms. The first-order chi connectivity index (χ1) is 20.7. The molecule has 43 heavy (non-hydrogen) atoms. The summed E-state index contributed by atoms with van der Waals surface area (Å²) in [6.45, 7) is 5.13. The Morgan fingerprint density at radius 1 is 1.09 bits per heavy atom. The number of fused-ring (bicyclic) bond motifs is 2. The van der Waals surface area contributed by atoms with Crippen molar-refractivity contribution in [2.75, 3.05) is 25.1 Å². The molecule has 7 rings (SSSR count). The van der Waals surface area contributed by atoms with Crippen LogP contribution in [0, 0.1) is 6.92 Å². The summed E-state index contributed by atoms with van der Waals surface area (Å²) in [5, 5.41) is 26.1. The Labute approximate surface area is 244 Å². The van der Waals surface area contributed by atoms with Crippen molar-refractivity contribution in [2.24, 2.45) is 0 Å². The van der Waals surface area contributed by atoms with Crippen LogP contribution in [0.2, 0.25) is 0 Å². The normalized spacial score (nSPS) is 16.7. The van der Waals surface area contributed by atoms with Crippen molar-refractivity contribution in [1.82, 2.24) is 39.4 Å². The number of halogens is 3. The largest absolute Gasteiger partial charge is 0.435 e. The fourth-order valence-electron chi connectivity index (χ4n) is 5.55. The quantitative estimate of drug-likeness (QED) is 0.298. The minimum absolute atomic E-state index is 0.0992. The number of imidazole rings is 1. The predicted molar refractivity (Wildman–Crippen MR) is 150 cm³/mol. The standard InChI is InChI=1S/C29H28F3N9O2/c1-16-3-7-25(37-36-16)34-18-4-6-24-22(11-18)33-15-40(24)26-8-5-20(17(2)42)28(35-26)41-23-9-10-39(19-13-43-14-19)12-21(23)27(38-41)29(30,31)32/h3-8,11,15,17,19,42H,9-10,12-14H2,1-2H3,(H,34,37). The number of rotatable bonds is 6. The van der Waals surface area contributed by atoms with Crippen LogP contribution in [0.25, 0.3) is 22.7 Å². The van der Waals surface area contributed by atoms with Crippen LogP contribution in [-0.4, -0.2) is 70.3 Å². The van der Waals surface area contributed by atoms with Crippen molar-refractivity contribution < 1.29 is 23.0 Å². The number of nitrogens with one attached hydrogen (secondary N) is 1. The van der Waals surface area contributed by atoms with E-state index in [9.17, 15) is 18.3 Å². The molecule has 0 saturated carbocycles. The molecule has 1 fully saturated rings. The van der Waals surface area contributed by atoms with Gasteiger partial charge in [-0.25, -0.2) is 14.6 Å². The van der Waals surface area contributed by atoms with Crippen molar-refractivity contribution >= 4 is 22.5 Å². The third kappa shape index (κ3) is 5.00. The van der Waals surface area contributed by atoms with Gasteiger partial charge >= 0.3 is 6.18 Å². The molecule has 2 aliphatic rings. The van der Waals surface area contributed by atoms with E-state index < -0.39 is 18.0 Å². The maximum absolute atomic E-state index is 14.2. The van der Waals surface area contributed by atoms with Crippen LogP contribution in [0.4, 0.5) is 24.7 Å². The number of hydrogen-bond donors (Lipinski definition) is 2. The Bertz CT molecular complexity index is 1810. The maximum Gasteiger partial charge on any atom is 0.435 e. The van der Waals surface area contributed by atoms with Crippen LogP contribution in [0.5, 0.6) is 0 Å². The summed E-state index contributed by atoms with van der Waals surface area (Å²) in [6, 6.07) is 12.8. The van der Waals surface area contributed by atoms with Gasteiger partial charge in [-0.1, -0.05) is 0 Å². The zero-order valence-electron chi connectivity index (χ0n) is 23.4. The minimum Gasteiger partial charge on any atom is -0.389 e. The maximum atomic E-state index is 14.2. The van der Waals surface area contributed by atoms with Gasteiger partial charge in [-0.15, -0.1) is 5.10 Å². The number of hydrogen-bond acceptors (Lipinski definition) is 9. The van der Waals surface area contributed by atoms with Gasteiger partial charge in [0, 0.05) is 36.3 Å². The molecule has 0 radical (unpaired) electrons. The van der Waals surface area contributed by atoms with Crippen molar-refractivity contribution in [1.29, 1.82) is 0 Å². The van der Waals surface area contributed by atoms with E-state index >= 15 is 0 Å². The summed E-state index contributed by atoms with van der Waals surface area (Å²) in [6.07, 6.45) is -3.68. The summed E-state index contributed by atoms with van der Waals surface area (Å²) in [5.74, 6) is 1.17. The van der Waals surface area contributed by atoms with E-state index in [2.05, 4.69) is 25.6 Å². The number of ether oxygens (including phenoxy) is 1. The summed E-state index contributed by atoms with van der Waals surface area (Å²) in [4.78, 5) is 11.3. The monoisotopic (exact) mass is 591 g/mol. The molecule has 0 spiro atoms. The third-order valence-corrected chi connectivity index (χ3v) is 7.90. The highest BCUT2D eigenvalue weighted by Gasteiger charge is 2.42. The summed E-state index contributed by atoms with van der Waals surface area (Å²) in [7, 11) is 0. The van der Waals surface area contributed by atoms with Crippen LogP contribution in [-0.2, 0) is 23.9 Å². The fraction of sp³-hybridized carbons (Fsp3) is 0.345. The molecule has 0 aliphatic carbocycles. The molecule has 1 aromatic carbocycles. The van der Waals surface area contributed by atoms with Gasteiger partial charge in [0.1, 0.15) is 12.1 Å². The highest BCUT2D eigenvalue weighted by atomic mass is 19.4. The van der Waals surface area contributed by atoms with E-state index in [1.54, 1.807) is 30.0 Å². The minimum atomic E-state index is -4.65. The molecule has 11 nitrogen and oxygen atoms in total.